The van der Waals surface area contributed by atoms with E-state index in [1.807, 2.05) is 24.3 Å². The van der Waals surface area contributed by atoms with Crippen LogP contribution in [0.1, 0.15) is 17.0 Å². The highest BCUT2D eigenvalue weighted by Crippen LogP contribution is 2.44. The van der Waals surface area contributed by atoms with E-state index >= 15 is 0 Å². The fourth-order valence-corrected chi connectivity index (χ4v) is 2.81. The average molecular weight is 288 g/mol. The number of amides is 1. The summed E-state index contributed by atoms with van der Waals surface area (Å²) < 4.78 is 5.25. The van der Waals surface area contributed by atoms with E-state index in [9.17, 15) is 4.79 Å². The number of rotatable bonds is 3. The Balaban J connectivity index is 1.89. The van der Waals surface area contributed by atoms with Gasteiger partial charge in [0, 0.05) is 5.92 Å². The van der Waals surface area contributed by atoms with Gasteiger partial charge in [-0.2, -0.15) is 0 Å². The van der Waals surface area contributed by atoms with Crippen molar-refractivity contribution in [3.63, 3.8) is 0 Å². The third-order valence-corrected chi connectivity index (χ3v) is 3.69. The lowest BCUT2D eigenvalue weighted by Crippen LogP contribution is -2.24. The first-order chi connectivity index (χ1) is 9.81. The van der Waals surface area contributed by atoms with Crippen molar-refractivity contribution in [2.45, 2.75) is 5.92 Å². The SMILES string of the molecule is O=C(NCCl)OCC1c2ccccc2-c2ccccc21. The van der Waals surface area contributed by atoms with Gasteiger partial charge in [-0.05, 0) is 22.3 Å². The number of nitrogens with one attached hydrogen (secondary N) is 1. The van der Waals surface area contributed by atoms with Crippen molar-refractivity contribution in [3.05, 3.63) is 59.7 Å². The topological polar surface area (TPSA) is 38.3 Å². The molecule has 4 heteroatoms. The monoisotopic (exact) mass is 287 g/mol. The van der Waals surface area contributed by atoms with Crippen LogP contribution in [0.25, 0.3) is 11.1 Å². The van der Waals surface area contributed by atoms with Gasteiger partial charge in [-0.3, -0.25) is 0 Å². The van der Waals surface area contributed by atoms with Gasteiger partial charge in [0.25, 0.3) is 0 Å². The zero-order valence-corrected chi connectivity index (χ0v) is 11.6. The van der Waals surface area contributed by atoms with Crippen molar-refractivity contribution < 1.29 is 9.53 Å². The summed E-state index contributed by atoms with van der Waals surface area (Å²) in [6, 6.07) is 16.5. The van der Waals surface area contributed by atoms with Crippen molar-refractivity contribution >= 4 is 17.7 Å². The number of hydrogen-bond donors (Lipinski definition) is 1. The molecule has 0 spiro atoms. The fourth-order valence-electron chi connectivity index (χ4n) is 2.70. The molecule has 20 heavy (non-hydrogen) atoms. The zero-order valence-electron chi connectivity index (χ0n) is 10.8. The Bertz CT molecular complexity index is 596. The third kappa shape index (κ3) is 2.25. The van der Waals surface area contributed by atoms with Gasteiger partial charge in [-0.15, -0.1) is 11.6 Å². The Morgan fingerprint density at radius 3 is 2.15 bits per heavy atom. The van der Waals surface area contributed by atoms with Crippen molar-refractivity contribution in [2.24, 2.45) is 0 Å². The molecule has 3 rings (SSSR count). The molecule has 2 aromatic rings. The highest BCUT2D eigenvalue weighted by molar-refractivity contribution is 6.18. The number of fused-ring (bicyclic) bond motifs is 3. The standard InChI is InChI=1S/C16H14ClNO2/c17-10-18-16(19)20-9-15-13-7-3-1-5-11(13)12-6-2-4-8-14(12)15/h1-8,15H,9-10H2,(H,18,19). The van der Waals surface area contributed by atoms with Crippen LogP contribution in [-0.2, 0) is 4.74 Å². The molecule has 1 N–H and O–H groups in total. The molecule has 0 heterocycles. The lowest BCUT2D eigenvalue weighted by molar-refractivity contribution is 0.144. The van der Waals surface area contributed by atoms with Crippen LogP contribution < -0.4 is 5.32 Å². The molecule has 0 bridgehead atoms. The van der Waals surface area contributed by atoms with Gasteiger partial charge in [0.15, 0.2) is 0 Å². The Labute approximate surface area is 122 Å². The molecule has 0 unspecified atom stereocenters. The summed E-state index contributed by atoms with van der Waals surface area (Å²) in [4.78, 5) is 11.4. The third-order valence-electron chi connectivity index (χ3n) is 3.55. The van der Waals surface area contributed by atoms with Crippen molar-refractivity contribution in [2.75, 3.05) is 12.6 Å². The van der Waals surface area contributed by atoms with Crippen molar-refractivity contribution in [3.8, 4) is 11.1 Å². The van der Waals surface area contributed by atoms with Crippen molar-refractivity contribution in [1.82, 2.24) is 5.32 Å². The molecule has 0 atom stereocenters. The van der Waals surface area contributed by atoms with Gasteiger partial charge in [0.2, 0.25) is 0 Å². The zero-order chi connectivity index (χ0) is 13.9. The second-order valence-corrected chi connectivity index (χ2v) is 4.90. The van der Waals surface area contributed by atoms with Crippen LogP contribution in [0.2, 0.25) is 0 Å². The summed E-state index contributed by atoms with van der Waals surface area (Å²) in [5.74, 6) is 0.0866. The Kier molecular flexibility index (Phi) is 3.61. The molecule has 102 valence electrons. The van der Waals surface area contributed by atoms with Gasteiger partial charge in [-0.1, -0.05) is 48.5 Å². The Morgan fingerprint density at radius 1 is 1.05 bits per heavy atom. The van der Waals surface area contributed by atoms with E-state index in [1.54, 1.807) is 0 Å². The van der Waals surface area contributed by atoms with Gasteiger partial charge >= 0.3 is 6.09 Å². The largest absolute Gasteiger partial charge is 0.449 e. The maximum absolute atomic E-state index is 11.4. The second-order valence-electron chi connectivity index (χ2n) is 4.64. The number of carbonyl (C=O) groups is 1. The molecule has 0 aromatic heterocycles. The summed E-state index contributed by atoms with van der Waals surface area (Å²) in [5, 5.41) is 2.42. The molecule has 2 aromatic carbocycles. The first-order valence-electron chi connectivity index (χ1n) is 6.46. The minimum absolute atomic E-state index is 0.0523. The van der Waals surface area contributed by atoms with Gasteiger partial charge in [0.05, 0.1) is 6.00 Å². The van der Waals surface area contributed by atoms with Crippen LogP contribution in [0.4, 0.5) is 4.79 Å². The molecule has 0 saturated carbocycles. The lowest BCUT2D eigenvalue weighted by Gasteiger charge is -2.13. The predicted octanol–water partition coefficient (Wildman–Crippen LogP) is 3.72. The van der Waals surface area contributed by atoms with Gasteiger partial charge < -0.3 is 10.1 Å². The number of alkyl carbamates (subject to hydrolysis) is 1. The first kappa shape index (κ1) is 13.0. The van der Waals surface area contributed by atoms with Crippen molar-refractivity contribution in [1.29, 1.82) is 0 Å². The molecule has 0 fully saturated rings. The summed E-state index contributed by atoms with van der Waals surface area (Å²) >= 11 is 5.44. The van der Waals surface area contributed by atoms with Gasteiger partial charge in [0.1, 0.15) is 6.61 Å². The van der Waals surface area contributed by atoms with E-state index in [-0.39, 0.29) is 11.9 Å². The smallest absolute Gasteiger partial charge is 0.408 e. The quantitative estimate of drug-likeness (QED) is 0.690. The van der Waals surface area contributed by atoms with E-state index in [1.165, 1.54) is 22.3 Å². The minimum Gasteiger partial charge on any atom is -0.449 e. The second kappa shape index (κ2) is 5.55. The number of ether oxygens (including phenoxy) is 1. The van der Waals surface area contributed by atoms with Crippen LogP contribution in [0.3, 0.4) is 0 Å². The predicted molar refractivity (Wildman–Crippen MR) is 78.9 cm³/mol. The maximum Gasteiger partial charge on any atom is 0.408 e. The normalized spacial score (nSPS) is 12.7. The summed E-state index contributed by atoms with van der Waals surface area (Å²) in [5.41, 5.74) is 4.84. The van der Waals surface area contributed by atoms with E-state index in [4.69, 9.17) is 16.3 Å². The summed E-state index contributed by atoms with van der Waals surface area (Å²) in [6.45, 7) is 0.316. The number of benzene rings is 2. The van der Waals surface area contributed by atoms with Crippen LogP contribution in [0, 0.1) is 0 Å². The van der Waals surface area contributed by atoms with E-state index < -0.39 is 6.09 Å². The molecule has 1 aliphatic rings. The maximum atomic E-state index is 11.4. The minimum atomic E-state index is -0.484. The number of alkyl halides is 1. The van der Waals surface area contributed by atoms with Crippen LogP contribution in [0.15, 0.2) is 48.5 Å². The summed E-state index contributed by atoms with van der Waals surface area (Å²) in [6.07, 6.45) is -0.484. The van der Waals surface area contributed by atoms with E-state index in [0.29, 0.717) is 6.61 Å². The molecule has 0 radical (unpaired) electrons. The Morgan fingerprint density at radius 2 is 1.60 bits per heavy atom. The molecule has 3 nitrogen and oxygen atoms in total. The number of hydrogen-bond acceptors (Lipinski definition) is 2. The number of halogens is 1. The van der Waals surface area contributed by atoms with E-state index in [2.05, 4.69) is 29.6 Å². The number of carbonyl (C=O) groups excluding carboxylic acids is 1. The van der Waals surface area contributed by atoms with E-state index in [0.717, 1.165) is 0 Å². The fraction of sp³-hybridized carbons (Fsp3) is 0.188. The van der Waals surface area contributed by atoms with Crippen LogP contribution in [0.5, 0.6) is 0 Å². The average Bonchev–Trinajstić information content (AvgIpc) is 2.80. The highest BCUT2D eigenvalue weighted by Gasteiger charge is 2.28. The van der Waals surface area contributed by atoms with Gasteiger partial charge in [-0.25, -0.2) is 4.79 Å². The van der Waals surface area contributed by atoms with Crippen LogP contribution in [-0.4, -0.2) is 18.7 Å². The molecular formula is C16H14ClNO2. The highest BCUT2D eigenvalue weighted by atomic mass is 35.5. The first-order valence-corrected chi connectivity index (χ1v) is 6.99. The van der Waals surface area contributed by atoms with Crippen LogP contribution >= 0.6 is 11.6 Å². The Hall–Kier alpha value is -2.00. The summed E-state index contributed by atoms with van der Waals surface area (Å²) in [7, 11) is 0. The molecule has 0 aliphatic heterocycles. The molecule has 0 saturated heterocycles. The molecular weight excluding hydrogens is 274 g/mol. The molecule has 1 aliphatic carbocycles. The molecule has 1 amide bonds. The lowest BCUT2D eigenvalue weighted by atomic mass is 9.98.